The third kappa shape index (κ3) is 13.3. The molecule has 3 saturated carbocycles. The number of ether oxygens (including phenoxy) is 1. The Morgan fingerprint density at radius 3 is 1.91 bits per heavy atom. The topological polar surface area (TPSA) is 46.5 Å². The Hall–Kier alpha value is -1.35. The van der Waals surface area contributed by atoms with E-state index in [0.29, 0.717) is 41.4 Å². The maximum atomic E-state index is 13.3. The average molecular weight is 777 g/mol. The third-order valence-corrected chi connectivity index (χ3v) is 16.3. The van der Waals surface area contributed by atoms with Gasteiger partial charge in [-0.25, -0.2) is 4.79 Å². The molecule has 1 unspecified atom stereocenters. The van der Waals surface area contributed by atoms with Gasteiger partial charge in [0, 0.05) is 17.9 Å². The lowest BCUT2D eigenvalue weighted by molar-refractivity contribution is -0.163. The van der Waals surface area contributed by atoms with E-state index >= 15 is 0 Å². The summed E-state index contributed by atoms with van der Waals surface area (Å²) in [5, 5.41) is 11.0. The lowest BCUT2D eigenvalue weighted by atomic mass is 9.46. The first-order chi connectivity index (χ1) is 27.1. The van der Waals surface area contributed by atoms with Crippen LogP contribution in [0.1, 0.15) is 228 Å². The zero-order chi connectivity index (χ0) is 40.4. The number of hydrogen-bond donors (Lipinski definition) is 1. The van der Waals surface area contributed by atoms with Gasteiger partial charge in [0.15, 0.2) is 0 Å². The summed E-state index contributed by atoms with van der Waals surface area (Å²) >= 11 is 0. The van der Waals surface area contributed by atoms with Crippen molar-refractivity contribution in [2.45, 2.75) is 240 Å². The number of aliphatic hydroxyl groups excluding tert-OH is 1. The molecule has 10 atom stereocenters. The SMILES string of the molecule is CCCCCCCCCCCCCCCCCCCCC/C=C/C(=O)OC1C[C@@H](O)CC2=CC[C@H]3[C@@H]4CC[C@H]([C@H](C)/C=C/[C@H](CC)C(C)C)[C@@]4(C)CC[C@@H]3[C@]21C. The van der Waals surface area contributed by atoms with Crippen molar-refractivity contribution < 1.29 is 14.6 Å². The second kappa shape index (κ2) is 24.7. The minimum absolute atomic E-state index is 0.171. The highest BCUT2D eigenvalue weighted by atomic mass is 16.5. The van der Waals surface area contributed by atoms with Crippen LogP contribution in [0.3, 0.4) is 0 Å². The molecular formula is C53H92O3. The molecule has 4 aliphatic rings. The maximum absolute atomic E-state index is 13.3. The van der Waals surface area contributed by atoms with Crippen molar-refractivity contribution in [3.05, 3.63) is 36.0 Å². The van der Waals surface area contributed by atoms with E-state index in [0.717, 1.165) is 37.5 Å². The monoisotopic (exact) mass is 777 g/mol. The molecule has 0 radical (unpaired) electrons. The first-order valence-electron chi connectivity index (χ1n) is 25.0. The summed E-state index contributed by atoms with van der Waals surface area (Å²) in [5.74, 6) is 4.42. The fourth-order valence-electron chi connectivity index (χ4n) is 12.7. The highest BCUT2D eigenvalue weighted by molar-refractivity contribution is 5.82. The first kappa shape index (κ1) is 47.3. The van der Waals surface area contributed by atoms with Gasteiger partial charge in [0.1, 0.15) is 6.10 Å². The molecule has 0 amide bonds. The molecule has 3 nitrogen and oxygen atoms in total. The maximum Gasteiger partial charge on any atom is 0.330 e. The van der Waals surface area contributed by atoms with Crippen LogP contribution < -0.4 is 0 Å². The number of rotatable bonds is 27. The van der Waals surface area contributed by atoms with Crippen molar-refractivity contribution in [3.8, 4) is 0 Å². The molecule has 4 rings (SSSR count). The summed E-state index contributed by atoms with van der Waals surface area (Å²) in [6, 6.07) is 0. The van der Waals surface area contributed by atoms with Gasteiger partial charge in [-0.2, -0.15) is 0 Å². The fourth-order valence-corrected chi connectivity index (χ4v) is 12.7. The van der Waals surface area contributed by atoms with Crippen molar-refractivity contribution in [1.29, 1.82) is 0 Å². The van der Waals surface area contributed by atoms with Gasteiger partial charge in [0.05, 0.1) is 6.10 Å². The van der Waals surface area contributed by atoms with Crippen LogP contribution in [0.4, 0.5) is 0 Å². The minimum Gasteiger partial charge on any atom is -0.458 e. The van der Waals surface area contributed by atoms with E-state index in [1.165, 1.54) is 153 Å². The van der Waals surface area contributed by atoms with Crippen LogP contribution in [-0.2, 0) is 9.53 Å². The van der Waals surface area contributed by atoms with Gasteiger partial charge in [-0.05, 0) is 105 Å². The molecule has 56 heavy (non-hydrogen) atoms. The molecule has 322 valence electrons. The minimum atomic E-state index is -0.424. The summed E-state index contributed by atoms with van der Waals surface area (Å²) in [4.78, 5) is 13.3. The Balaban J connectivity index is 1.13. The van der Waals surface area contributed by atoms with E-state index in [1.54, 1.807) is 6.08 Å². The standard InChI is InChI=1S/C53H92O3/c1-8-10-11-12-13-14-15-16-17-18-19-20-21-22-23-24-25-26-27-28-29-30-51(55)56-50-40-45(54)39-44-33-34-46-48-36-35-47(42(5)31-32-43(9-2)41(3)4)52(48,6)38-37-49(46)53(44,50)7/h29-33,41-43,45-50,54H,8-28,34-40H2,1-7H3/b30-29+,32-31+/t42-,43+,45+,46+,47-,48+,49+,50?,52-,53+/m1/s1. The number of esters is 1. The van der Waals surface area contributed by atoms with E-state index in [-0.39, 0.29) is 17.5 Å². The number of hydrogen-bond acceptors (Lipinski definition) is 3. The fraction of sp³-hybridized carbons (Fsp3) is 0.868. The van der Waals surface area contributed by atoms with Crippen LogP contribution in [0.15, 0.2) is 36.0 Å². The van der Waals surface area contributed by atoms with Crippen molar-refractivity contribution in [2.75, 3.05) is 0 Å². The molecule has 0 aromatic rings. The summed E-state index contributed by atoms with van der Waals surface area (Å²) < 4.78 is 6.37. The number of carbonyl (C=O) groups excluding carboxylic acids is 1. The Morgan fingerprint density at radius 2 is 1.36 bits per heavy atom. The van der Waals surface area contributed by atoms with E-state index in [4.69, 9.17) is 4.74 Å². The average Bonchev–Trinajstić information content (AvgIpc) is 3.53. The Morgan fingerprint density at radius 1 is 0.786 bits per heavy atom. The van der Waals surface area contributed by atoms with Crippen molar-refractivity contribution in [2.24, 2.45) is 52.3 Å². The van der Waals surface area contributed by atoms with E-state index in [1.807, 2.05) is 6.08 Å². The predicted molar refractivity (Wildman–Crippen MR) is 241 cm³/mol. The lowest BCUT2D eigenvalue weighted by Gasteiger charge is -2.59. The molecule has 3 fully saturated rings. The molecule has 0 aromatic carbocycles. The first-order valence-corrected chi connectivity index (χ1v) is 25.0. The van der Waals surface area contributed by atoms with Gasteiger partial charge in [-0.1, -0.05) is 194 Å². The molecule has 0 spiro atoms. The lowest BCUT2D eigenvalue weighted by Crippen LogP contribution is -2.56. The van der Waals surface area contributed by atoms with Gasteiger partial charge in [-0.3, -0.25) is 0 Å². The van der Waals surface area contributed by atoms with Gasteiger partial charge < -0.3 is 9.84 Å². The van der Waals surface area contributed by atoms with Crippen LogP contribution in [0.25, 0.3) is 0 Å². The zero-order valence-electron chi connectivity index (χ0n) is 38.1. The smallest absolute Gasteiger partial charge is 0.330 e. The van der Waals surface area contributed by atoms with Crippen LogP contribution in [-0.4, -0.2) is 23.3 Å². The van der Waals surface area contributed by atoms with Gasteiger partial charge >= 0.3 is 5.97 Å². The van der Waals surface area contributed by atoms with Crippen molar-refractivity contribution in [3.63, 3.8) is 0 Å². The highest BCUT2D eigenvalue weighted by Gasteiger charge is 2.61. The highest BCUT2D eigenvalue weighted by Crippen LogP contribution is 2.67. The number of allylic oxidation sites excluding steroid dienone is 4. The number of carbonyl (C=O) groups is 1. The van der Waals surface area contributed by atoms with Crippen molar-refractivity contribution in [1.82, 2.24) is 0 Å². The number of fused-ring (bicyclic) bond motifs is 5. The van der Waals surface area contributed by atoms with Gasteiger partial charge in [0.25, 0.3) is 0 Å². The Bertz CT molecular complexity index is 1200. The number of unbranched alkanes of at least 4 members (excludes halogenated alkanes) is 19. The van der Waals surface area contributed by atoms with E-state index < -0.39 is 6.10 Å². The molecule has 1 N–H and O–H groups in total. The van der Waals surface area contributed by atoms with Crippen molar-refractivity contribution >= 4 is 5.97 Å². The van der Waals surface area contributed by atoms with Gasteiger partial charge in [0.2, 0.25) is 0 Å². The molecule has 3 heteroatoms. The Labute approximate surface area is 348 Å². The third-order valence-electron chi connectivity index (χ3n) is 16.3. The summed E-state index contributed by atoms with van der Waals surface area (Å²) in [6.07, 6.45) is 46.8. The molecule has 0 saturated heterocycles. The Kier molecular flexibility index (Phi) is 20.8. The number of aliphatic hydroxyl groups is 1. The normalized spacial score (nSPS) is 31.3. The largest absolute Gasteiger partial charge is 0.458 e. The molecule has 0 aliphatic heterocycles. The molecule has 0 aromatic heterocycles. The van der Waals surface area contributed by atoms with Crippen LogP contribution >= 0.6 is 0 Å². The molecular weight excluding hydrogens is 685 g/mol. The summed E-state index contributed by atoms with van der Waals surface area (Å²) in [6.45, 7) is 16.9. The second-order valence-corrected chi connectivity index (χ2v) is 20.5. The summed E-state index contributed by atoms with van der Waals surface area (Å²) in [5.41, 5.74) is 1.57. The second-order valence-electron chi connectivity index (χ2n) is 20.5. The van der Waals surface area contributed by atoms with Gasteiger partial charge in [-0.15, -0.1) is 0 Å². The van der Waals surface area contributed by atoms with Crippen LogP contribution in [0.5, 0.6) is 0 Å². The van der Waals surface area contributed by atoms with E-state index in [9.17, 15) is 9.90 Å². The van der Waals surface area contributed by atoms with Crippen LogP contribution in [0.2, 0.25) is 0 Å². The quantitative estimate of drug-likeness (QED) is 0.0391. The molecule has 0 heterocycles. The predicted octanol–water partition coefficient (Wildman–Crippen LogP) is 15.7. The molecule has 0 bridgehead atoms. The van der Waals surface area contributed by atoms with Crippen LogP contribution in [0, 0.1) is 52.3 Å². The summed E-state index contributed by atoms with van der Waals surface area (Å²) in [7, 11) is 0. The van der Waals surface area contributed by atoms with E-state index in [2.05, 4.69) is 66.7 Å². The zero-order valence-corrected chi connectivity index (χ0v) is 38.1. The molecule has 4 aliphatic carbocycles.